The van der Waals surface area contributed by atoms with Gasteiger partial charge in [-0.15, -0.1) is 10.2 Å². The second-order valence-corrected chi connectivity index (χ2v) is 4.23. The molecule has 1 aromatic rings. The van der Waals surface area contributed by atoms with Crippen LogP contribution >= 0.6 is 11.3 Å². The van der Waals surface area contributed by atoms with E-state index in [9.17, 15) is 4.79 Å². The number of amides is 1. The van der Waals surface area contributed by atoms with Crippen LogP contribution in [0.15, 0.2) is 0 Å². The van der Waals surface area contributed by atoms with Crippen molar-refractivity contribution in [2.24, 2.45) is 0 Å². The molecule has 7 heteroatoms. The first-order valence-corrected chi connectivity index (χ1v) is 5.37. The van der Waals surface area contributed by atoms with Crippen molar-refractivity contribution in [3.8, 4) is 0 Å². The highest BCUT2D eigenvalue weighted by Gasteiger charge is 2.23. The second kappa shape index (κ2) is 4.65. The van der Waals surface area contributed by atoms with Crippen LogP contribution in [0.1, 0.15) is 5.01 Å². The zero-order chi connectivity index (χ0) is 10.7. The quantitative estimate of drug-likeness (QED) is 0.784. The number of anilines is 1. The lowest BCUT2D eigenvalue weighted by atomic mass is 10.3. The van der Waals surface area contributed by atoms with Crippen LogP contribution in [-0.2, 0) is 14.3 Å². The molecule has 1 aromatic heterocycles. The molecule has 0 bridgehead atoms. The van der Waals surface area contributed by atoms with Gasteiger partial charge in [0.15, 0.2) is 6.10 Å². The summed E-state index contributed by atoms with van der Waals surface area (Å²) in [4.78, 5) is 11.6. The van der Waals surface area contributed by atoms with Crippen molar-refractivity contribution in [3.63, 3.8) is 0 Å². The summed E-state index contributed by atoms with van der Waals surface area (Å²) < 4.78 is 10.4. The van der Waals surface area contributed by atoms with Crippen LogP contribution in [0, 0.1) is 6.92 Å². The zero-order valence-corrected chi connectivity index (χ0v) is 9.04. The minimum absolute atomic E-state index is 0.231. The SMILES string of the molecule is Cc1nnc(NC(=O)[C@H]2COCCO2)s1. The molecule has 1 atom stereocenters. The van der Waals surface area contributed by atoms with Gasteiger partial charge >= 0.3 is 0 Å². The molecule has 0 spiro atoms. The fourth-order valence-electron chi connectivity index (χ4n) is 1.17. The number of nitrogens with zero attached hydrogens (tertiary/aromatic N) is 2. The van der Waals surface area contributed by atoms with Crippen LogP contribution in [0.2, 0.25) is 0 Å². The number of hydrogen-bond acceptors (Lipinski definition) is 6. The van der Waals surface area contributed by atoms with E-state index in [1.54, 1.807) is 0 Å². The molecule has 1 aliphatic rings. The Morgan fingerprint density at radius 1 is 1.53 bits per heavy atom. The molecular formula is C8H11N3O3S. The van der Waals surface area contributed by atoms with Crippen molar-refractivity contribution >= 4 is 22.4 Å². The van der Waals surface area contributed by atoms with Crippen molar-refractivity contribution < 1.29 is 14.3 Å². The van der Waals surface area contributed by atoms with Gasteiger partial charge in [-0.2, -0.15) is 0 Å². The van der Waals surface area contributed by atoms with Gasteiger partial charge in [0.05, 0.1) is 19.8 Å². The predicted molar refractivity (Wildman–Crippen MR) is 53.8 cm³/mol. The molecule has 0 unspecified atom stereocenters. The Bertz CT molecular complexity index is 349. The first kappa shape index (κ1) is 10.5. The number of rotatable bonds is 2. The number of ether oxygens (including phenoxy) is 2. The number of aromatic nitrogens is 2. The summed E-state index contributed by atoms with van der Waals surface area (Å²) in [5.74, 6) is -0.231. The summed E-state index contributed by atoms with van der Waals surface area (Å²) in [7, 11) is 0. The van der Waals surface area contributed by atoms with E-state index < -0.39 is 6.10 Å². The maximum absolute atomic E-state index is 11.6. The standard InChI is InChI=1S/C8H11N3O3S/c1-5-10-11-8(15-5)9-7(12)6-4-13-2-3-14-6/h6H,2-4H2,1H3,(H,9,11,12)/t6-/m1/s1. The third-order valence-corrected chi connectivity index (χ3v) is 2.62. The molecule has 0 aromatic carbocycles. The number of carbonyl (C=O) groups excluding carboxylic acids is 1. The minimum atomic E-state index is -0.539. The van der Waals surface area contributed by atoms with Gasteiger partial charge in [0.25, 0.3) is 5.91 Å². The molecule has 1 saturated heterocycles. The fourth-order valence-corrected chi connectivity index (χ4v) is 1.77. The highest BCUT2D eigenvalue weighted by atomic mass is 32.1. The summed E-state index contributed by atoms with van der Waals surface area (Å²) in [6, 6.07) is 0. The van der Waals surface area contributed by atoms with Gasteiger partial charge in [0, 0.05) is 0 Å². The molecule has 2 rings (SSSR count). The zero-order valence-electron chi connectivity index (χ0n) is 8.23. The molecule has 0 aliphatic carbocycles. The van der Waals surface area contributed by atoms with Crippen LogP contribution in [0.3, 0.4) is 0 Å². The molecule has 0 saturated carbocycles. The normalized spacial score (nSPS) is 21.3. The number of nitrogens with one attached hydrogen (secondary N) is 1. The van der Waals surface area contributed by atoms with Gasteiger partial charge in [0.1, 0.15) is 5.01 Å². The summed E-state index contributed by atoms with van der Waals surface area (Å²) in [5.41, 5.74) is 0. The van der Waals surface area contributed by atoms with Gasteiger partial charge < -0.3 is 9.47 Å². The average Bonchev–Trinajstić information content (AvgIpc) is 2.65. The molecule has 1 amide bonds. The Balaban J connectivity index is 1.91. The third-order valence-electron chi connectivity index (χ3n) is 1.86. The van der Waals surface area contributed by atoms with Crippen LogP contribution in [0.25, 0.3) is 0 Å². The number of hydrogen-bond donors (Lipinski definition) is 1. The Labute approximate surface area is 90.6 Å². The van der Waals surface area contributed by atoms with Gasteiger partial charge in [-0.05, 0) is 6.92 Å². The molecule has 2 heterocycles. The van der Waals surface area contributed by atoms with E-state index >= 15 is 0 Å². The minimum Gasteiger partial charge on any atom is -0.376 e. The van der Waals surface area contributed by atoms with Crippen molar-refractivity contribution in [2.75, 3.05) is 25.1 Å². The van der Waals surface area contributed by atoms with E-state index in [0.29, 0.717) is 25.0 Å². The van der Waals surface area contributed by atoms with Crippen molar-refractivity contribution in [1.29, 1.82) is 0 Å². The Morgan fingerprint density at radius 2 is 2.40 bits per heavy atom. The molecule has 0 radical (unpaired) electrons. The maximum Gasteiger partial charge on any atom is 0.257 e. The van der Waals surface area contributed by atoms with E-state index in [-0.39, 0.29) is 5.91 Å². The molecule has 1 N–H and O–H groups in total. The topological polar surface area (TPSA) is 73.3 Å². The Hall–Kier alpha value is -1.05. The number of carbonyl (C=O) groups is 1. The molecule has 15 heavy (non-hydrogen) atoms. The predicted octanol–water partition coefficient (Wildman–Crippen LogP) is 0.200. The van der Waals surface area contributed by atoms with Crippen molar-refractivity contribution in [3.05, 3.63) is 5.01 Å². The summed E-state index contributed by atoms with van der Waals surface area (Å²) >= 11 is 1.33. The molecule has 1 aliphatic heterocycles. The van der Waals surface area contributed by atoms with E-state index in [4.69, 9.17) is 9.47 Å². The monoisotopic (exact) mass is 229 g/mol. The van der Waals surface area contributed by atoms with Gasteiger partial charge in [-0.25, -0.2) is 0 Å². The van der Waals surface area contributed by atoms with Crippen LogP contribution in [0.5, 0.6) is 0 Å². The highest BCUT2D eigenvalue weighted by Crippen LogP contribution is 2.14. The fraction of sp³-hybridized carbons (Fsp3) is 0.625. The number of aryl methyl sites for hydroxylation is 1. The van der Waals surface area contributed by atoms with Crippen molar-refractivity contribution in [1.82, 2.24) is 10.2 Å². The highest BCUT2D eigenvalue weighted by molar-refractivity contribution is 7.15. The first-order valence-electron chi connectivity index (χ1n) is 4.56. The summed E-state index contributed by atoms with van der Waals surface area (Å²) in [5, 5.41) is 11.5. The summed E-state index contributed by atoms with van der Waals surface area (Å²) in [6.07, 6.45) is -0.539. The van der Waals surface area contributed by atoms with Gasteiger partial charge in [0.2, 0.25) is 5.13 Å². The van der Waals surface area contributed by atoms with Crippen molar-refractivity contribution in [2.45, 2.75) is 13.0 Å². The molecule has 82 valence electrons. The van der Waals surface area contributed by atoms with Crippen LogP contribution in [0.4, 0.5) is 5.13 Å². The molecular weight excluding hydrogens is 218 g/mol. The van der Waals surface area contributed by atoms with Crippen LogP contribution in [-0.4, -0.2) is 42.0 Å². The molecule has 1 fully saturated rings. The lowest BCUT2D eigenvalue weighted by molar-refractivity contribution is -0.142. The average molecular weight is 229 g/mol. The Morgan fingerprint density at radius 3 is 3.00 bits per heavy atom. The second-order valence-electron chi connectivity index (χ2n) is 3.05. The smallest absolute Gasteiger partial charge is 0.257 e. The molecule has 6 nitrogen and oxygen atoms in total. The third kappa shape index (κ3) is 2.71. The van der Waals surface area contributed by atoms with E-state index in [2.05, 4.69) is 15.5 Å². The first-order chi connectivity index (χ1) is 7.25. The van der Waals surface area contributed by atoms with Crippen LogP contribution < -0.4 is 5.32 Å². The van der Waals surface area contributed by atoms with Gasteiger partial charge in [-0.1, -0.05) is 11.3 Å². The summed E-state index contributed by atoms with van der Waals surface area (Å²) in [6.45, 7) is 3.12. The lowest BCUT2D eigenvalue weighted by Gasteiger charge is -2.21. The van der Waals surface area contributed by atoms with E-state index in [0.717, 1.165) is 5.01 Å². The lowest BCUT2D eigenvalue weighted by Crippen LogP contribution is -2.39. The van der Waals surface area contributed by atoms with E-state index in [1.807, 2.05) is 6.92 Å². The van der Waals surface area contributed by atoms with E-state index in [1.165, 1.54) is 11.3 Å². The largest absolute Gasteiger partial charge is 0.376 e. The van der Waals surface area contributed by atoms with Gasteiger partial charge in [-0.3, -0.25) is 10.1 Å². The maximum atomic E-state index is 11.6. The Kier molecular flexibility index (Phi) is 3.24.